The molecule has 0 N–H and O–H groups in total. The van der Waals surface area contributed by atoms with Crippen LogP contribution in [0.2, 0.25) is 0 Å². The van der Waals surface area contributed by atoms with E-state index < -0.39 is 0 Å². The third-order valence-electron chi connectivity index (χ3n) is 3.43. The van der Waals surface area contributed by atoms with Crippen LogP contribution in [0.1, 0.15) is 56.2 Å². The van der Waals surface area contributed by atoms with Crippen molar-refractivity contribution in [2.45, 2.75) is 46.5 Å². The lowest BCUT2D eigenvalue weighted by atomic mass is 9.84. The Morgan fingerprint density at radius 1 is 1.17 bits per heavy atom. The second-order valence-corrected chi connectivity index (χ2v) is 5.52. The Bertz CT molecular complexity index is 419. The highest BCUT2D eigenvalue weighted by atomic mass is 16.5. The van der Waals surface area contributed by atoms with Crippen molar-refractivity contribution in [1.29, 1.82) is 0 Å². The lowest BCUT2D eigenvalue weighted by Crippen LogP contribution is -2.20. The standard InChI is InChI=1S/C16H24O2/c1-10(2)13-8-7-12(5)14(9-13)15(11(3)4)16(17)18-6/h7-11,15H,1-6H3. The summed E-state index contributed by atoms with van der Waals surface area (Å²) in [4.78, 5) is 12.0. The number of hydrogen-bond donors (Lipinski definition) is 0. The van der Waals surface area contributed by atoms with Crippen molar-refractivity contribution in [2.75, 3.05) is 7.11 Å². The lowest BCUT2D eigenvalue weighted by molar-refractivity contribution is -0.143. The van der Waals surface area contributed by atoms with E-state index >= 15 is 0 Å². The number of carbonyl (C=O) groups excluding carboxylic acids is 1. The third kappa shape index (κ3) is 3.12. The van der Waals surface area contributed by atoms with E-state index in [4.69, 9.17) is 4.74 Å². The molecule has 0 aromatic heterocycles. The van der Waals surface area contributed by atoms with Gasteiger partial charge in [-0.1, -0.05) is 45.9 Å². The van der Waals surface area contributed by atoms with Gasteiger partial charge in [0.2, 0.25) is 0 Å². The zero-order valence-corrected chi connectivity index (χ0v) is 12.3. The van der Waals surface area contributed by atoms with Crippen molar-refractivity contribution in [2.24, 2.45) is 5.92 Å². The second kappa shape index (κ2) is 6.03. The summed E-state index contributed by atoms with van der Waals surface area (Å²) in [7, 11) is 1.46. The molecule has 1 aromatic carbocycles. The average molecular weight is 248 g/mol. The first kappa shape index (κ1) is 14.7. The van der Waals surface area contributed by atoms with Crippen LogP contribution in [0, 0.1) is 12.8 Å². The van der Waals surface area contributed by atoms with E-state index in [0.717, 1.165) is 11.1 Å². The van der Waals surface area contributed by atoms with Crippen LogP contribution in [0.15, 0.2) is 18.2 Å². The molecule has 1 atom stereocenters. The normalized spacial score (nSPS) is 12.9. The smallest absolute Gasteiger partial charge is 0.313 e. The summed E-state index contributed by atoms with van der Waals surface area (Å²) in [6, 6.07) is 6.39. The monoisotopic (exact) mass is 248 g/mol. The molecule has 0 fully saturated rings. The predicted octanol–water partition coefficient (Wildman–Crippen LogP) is 4.03. The van der Waals surface area contributed by atoms with Gasteiger partial charge in [0.25, 0.3) is 0 Å². The molecule has 0 spiro atoms. The first-order chi connectivity index (χ1) is 8.38. The van der Waals surface area contributed by atoms with Crippen molar-refractivity contribution in [3.8, 4) is 0 Å². The summed E-state index contributed by atoms with van der Waals surface area (Å²) in [5, 5.41) is 0. The number of benzene rings is 1. The van der Waals surface area contributed by atoms with Gasteiger partial charge < -0.3 is 4.74 Å². The minimum absolute atomic E-state index is 0.144. The van der Waals surface area contributed by atoms with E-state index in [1.54, 1.807) is 0 Å². The fourth-order valence-corrected chi connectivity index (χ4v) is 2.24. The summed E-state index contributed by atoms with van der Waals surface area (Å²) < 4.78 is 4.94. The molecule has 0 aliphatic rings. The molecule has 0 aliphatic carbocycles. The van der Waals surface area contributed by atoms with Gasteiger partial charge in [0.1, 0.15) is 0 Å². The van der Waals surface area contributed by atoms with Crippen LogP contribution in [0.5, 0.6) is 0 Å². The Hall–Kier alpha value is -1.31. The quantitative estimate of drug-likeness (QED) is 0.752. The van der Waals surface area contributed by atoms with Crippen LogP contribution in [0.25, 0.3) is 0 Å². The van der Waals surface area contributed by atoms with Gasteiger partial charge in [-0.2, -0.15) is 0 Å². The minimum atomic E-state index is -0.173. The molecule has 0 heterocycles. The number of rotatable bonds is 4. The molecule has 0 aliphatic heterocycles. The zero-order valence-electron chi connectivity index (χ0n) is 12.3. The molecule has 0 saturated heterocycles. The van der Waals surface area contributed by atoms with E-state index in [9.17, 15) is 4.79 Å². The van der Waals surface area contributed by atoms with E-state index in [-0.39, 0.29) is 17.8 Å². The SMILES string of the molecule is COC(=O)C(c1cc(C(C)C)ccc1C)C(C)C. The van der Waals surface area contributed by atoms with Crippen molar-refractivity contribution in [1.82, 2.24) is 0 Å². The predicted molar refractivity (Wildman–Crippen MR) is 74.9 cm³/mol. The number of methoxy groups -OCH3 is 1. The van der Waals surface area contributed by atoms with Gasteiger partial charge in [-0.05, 0) is 35.4 Å². The summed E-state index contributed by atoms with van der Waals surface area (Å²) in [5.41, 5.74) is 3.52. The van der Waals surface area contributed by atoms with E-state index in [2.05, 4.69) is 52.8 Å². The van der Waals surface area contributed by atoms with Gasteiger partial charge >= 0.3 is 5.97 Å². The van der Waals surface area contributed by atoms with Crippen LogP contribution in [0.3, 0.4) is 0 Å². The number of esters is 1. The molecule has 0 amide bonds. The highest BCUT2D eigenvalue weighted by Crippen LogP contribution is 2.30. The Morgan fingerprint density at radius 2 is 1.78 bits per heavy atom. The van der Waals surface area contributed by atoms with Crippen LogP contribution in [0.4, 0.5) is 0 Å². The highest BCUT2D eigenvalue weighted by molar-refractivity contribution is 5.79. The lowest BCUT2D eigenvalue weighted by Gasteiger charge is -2.22. The molecule has 0 saturated carbocycles. The maximum absolute atomic E-state index is 12.0. The topological polar surface area (TPSA) is 26.3 Å². The number of ether oxygens (including phenoxy) is 1. The van der Waals surface area contributed by atoms with Crippen molar-refractivity contribution in [3.63, 3.8) is 0 Å². The van der Waals surface area contributed by atoms with Crippen LogP contribution < -0.4 is 0 Å². The molecule has 2 nitrogen and oxygen atoms in total. The molecular weight excluding hydrogens is 224 g/mol. The van der Waals surface area contributed by atoms with E-state index in [1.807, 2.05) is 0 Å². The van der Waals surface area contributed by atoms with Crippen molar-refractivity contribution < 1.29 is 9.53 Å². The highest BCUT2D eigenvalue weighted by Gasteiger charge is 2.26. The Morgan fingerprint density at radius 3 is 2.22 bits per heavy atom. The molecular formula is C16H24O2. The van der Waals surface area contributed by atoms with Gasteiger partial charge in [0.05, 0.1) is 13.0 Å². The number of carbonyl (C=O) groups is 1. The van der Waals surface area contributed by atoms with E-state index in [1.165, 1.54) is 12.7 Å². The van der Waals surface area contributed by atoms with Gasteiger partial charge in [-0.25, -0.2) is 0 Å². The van der Waals surface area contributed by atoms with Crippen molar-refractivity contribution >= 4 is 5.97 Å². The Kier molecular flexibility index (Phi) is 4.94. The van der Waals surface area contributed by atoms with Gasteiger partial charge in [-0.15, -0.1) is 0 Å². The maximum Gasteiger partial charge on any atom is 0.313 e. The fourth-order valence-electron chi connectivity index (χ4n) is 2.24. The molecule has 0 radical (unpaired) electrons. The molecule has 18 heavy (non-hydrogen) atoms. The summed E-state index contributed by atoms with van der Waals surface area (Å²) >= 11 is 0. The summed E-state index contributed by atoms with van der Waals surface area (Å²) in [5.74, 6) is 0.385. The van der Waals surface area contributed by atoms with Crippen molar-refractivity contribution in [3.05, 3.63) is 34.9 Å². The Labute approximate surface area is 110 Å². The van der Waals surface area contributed by atoms with Gasteiger partial charge in [-0.3, -0.25) is 4.79 Å². The van der Waals surface area contributed by atoms with Gasteiger partial charge in [0.15, 0.2) is 0 Å². The van der Waals surface area contributed by atoms with Crippen LogP contribution >= 0.6 is 0 Å². The molecule has 1 aromatic rings. The summed E-state index contributed by atoms with van der Waals surface area (Å²) in [6.45, 7) is 10.5. The summed E-state index contributed by atoms with van der Waals surface area (Å²) in [6.07, 6.45) is 0. The van der Waals surface area contributed by atoms with E-state index in [0.29, 0.717) is 5.92 Å². The average Bonchev–Trinajstić information content (AvgIpc) is 2.30. The largest absolute Gasteiger partial charge is 0.469 e. The Balaban J connectivity index is 3.26. The first-order valence-corrected chi connectivity index (χ1v) is 6.56. The molecule has 2 heteroatoms. The fraction of sp³-hybridized carbons (Fsp3) is 0.562. The molecule has 1 rings (SSSR count). The molecule has 100 valence electrons. The maximum atomic E-state index is 12.0. The van der Waals surface area contributed by atoms with Gasteiger partial charge in [0, 0.05) is 0 Å². The van der Waals surface area contributed by atoms with Crippen LogP contribution in [-0.2, 0) is 9.53 Å². The minimum Gasteiger partial charge on any atom is -0.469 e. The second-order valence-electron chi connectivity index (χ2n) is 5.52. The number of aryl methyl sites for hydroxylation is 1. The molecule has 1 unspecified atom stereocenters. The number of hydrogen-bond acceptors (Lipinski definition) is 2. The molecule has 0 bridgehead atoms. The first-order valence-electron chi connectivity index (χ1n) is 6.56. The van der Waals surface area contributed by atoms with Crippen LogP contribution in [-0.4, -0.2) is 13.1 Å². The zero-order chi connectivity index (χ0) is 13.9. The third-order valence-corrected chi connectivity index (χ3v) is 3.43.